The number of ether oxygens (including phenoxy) is 1. The number of guanidine groups is 1. The number of rotatable bonds is 8. The van der Waals surface area contributed by atoms with Gasteiger partial charge in [0.2, 0.25) is 0 Å². The highest BCUT2D eigenvalue weighted by Gasteiger charge is 2.12. The minimum Gasteiger partial charge on any atom is -0.459 e. The quantitative estimate of drug-likeness (QED) is 0.176. The Bertz CT molecular complexity index is 515. The second-order valence-corrected chi connectivity index (χ2v) is 6.14. The fourth-order valence-electron chi connectivity index (χ4n) is 2.88. The van der Waals surface area contributed by atoms with Crippen molar-refractivity contribution in [1.29, 1.82) is 0 Å². The minimum atomic E-state index is -0.216. The molecule has 26 heavy (non-hydrogen) atoms. The van der Waals surface area contributed by atoms with Crippen molar-refractivity contribution >= 4 is 35.8 Å². The molecule has 1 amide bonds. The van der Waals surface area contributed by atoms with Crippen LogP contribution in [0.4, 0.5) is 0 Å². The van der Waals surface area contributed by atoms with E-state index in [4.69, 9.17) is 9.15 Å². The Hall–Kier alpha value is -1.29. The molecule has 0 radical (unpaired) electrons. The van der Waals surface area contributed by atoms with Crippen molar-refractivity contribution < 1.29 is 13.9 Å². The Morgan fingerprint density at radius 3 is 2.50 bits per heavy atom. The maximum absolute atomic E-state index is 11.7. The summed E-state index contributed by atoms with van der Waals surface area (Å²) in [4.78, 5) is 15.9. The molecule has 7 nitrogen and oxygen atoms in total. The summed E-state index contributed by atoms with van der Waals surface area (Å²) in [5.41, 5.74) is 0. The van der Waals surface area contributed by atoms with Crippen LogP contribution in [0.25, 0.3) is 0 Å². The number of aliphatic imine (C=N–C) groups is 1. The molecule has 1 aliphatic rings. The van der Waals surface area contributed by atoms with Crippen LogP contribution in [0.2, 0.25) is 0 Å². The molecule has 0 saturated heterocycles. The first kappa shape index (κ1) is 22.8. The number of carbonyl (C=O) groups excluding carboxylic acids is 1. The van der Waals surface area contributed by atoms with Crippen LogP contribution in [-0.2, 0) is 4.74 Å². The SMILES string of the molecule is CN=C(NCCNC(=O)c1ccco1)NCCOC1CCCCCC1.I. The van der Waals surface area contributed by atoms with Crippen LogP contribution in [0.15, 0.2) is 27.8 Å². The third-order valence-electron chi connectivity index (χ3n) is 4.22. The van der Waals surface area contributed by atoms with Crippen LogP contribution in [0.1, 0.15) is 49.1 Å². The molecule has 1 aliphatic carbocycles. The van der Waals surface area contributed by atoms with E-state index in [0.717, 1.165) is 6.54 Å². The van der Waals surface area contributed by atoms with E-state index < -0.39 is 0 Å². The topological polar surface area (TPSA) is 87.9 Å². The first-order valence-corrected chi connectivity index (χ1v) is 9.17. The fourth-order valence-corrected chi connectivity index (χ4v) is 2.88. The predicted octanol–water partition coefficient (Wildman–Crippen LogP) is 2.53. The highest BCUT2D eigenvalue weighted by Crippen LogP contribution is 2.19. The first-order valence-electron chi connectivity index (χ1n) is 9.17. The van der Waals surface area contributed by atoms with Crippen molar-refractivity contribution in [2.45, 2.75) is 44.6 Å². The average molecular weight is 478 g/mol. The standard InChI is InChI=1S/C18H30N4O3.HI/c1-19-18(21-11-10-20-17(23)16-9-6-13-25-16)22-12-14-24-15-7-4-2-3-5-8-15;/h6,9,13,15H,2-5,7-8,10-12,14H2,1H3,(H,20,23)(H2,19,21,22);1H. The van der Waals surface area contributed by atoms with Crippen LogP contribution < -0.4 is 16.0 Å². The zero-order valence-electron chi connectivity index (χ0n) is 15.5. The lowest BCUT2D eigenvalue weighted by atomic mass is 10.1. The molecule has 0 atom stereocenters. The molecule has 1 saturated carbocycles. The van der Waals surface area contributed by atoms with Gasteiger partial charge in [0.25, 0.3) is 5.91 Å². The molecule has 3 N–H and O–H groups in total. The van der Waals surface area contributed by atoms with Crippen molar-refractivity contribution in [2.75, 3.05) is 33.3 Å². The molecule has 1 heterocycles. The van der Waals surface area contributed by atoms with Crippen molar-refractivity contribution in [1.82, 2.24) is 16.0 Å². The van der Waals surface area contributed by atoms with Crippen LogP contribution in [-0.4, -0.2) is 51.3 Å². The molecule has 0 aromatic carbocycles. The van der Waals surface area contributed by atoms with E-state index in [1.807, 2.05) is 0 Å². The van der Waals surface area contributed by atoms with Gasteiger partial charge >= 0.3 is 0 Å². The average Bonchev–Trinajstić information content (AvgIpc) is 3.05. The predicted molar refractivity (Wildman–Crippen MR) is 113 cm³/mol. The van der Waals surface area contributed by atoms with Crippen molar-refractivity contribution in [3.63, 3.8) is 0 Å². The van der Waals surface area contributed by atoms with E-state index in [1.54, 1.807) is 19.2 Å². The molecular weight excluding hydrogens is 447 g/mol. The van der Waals surface area contributed by atoms with Gasteiger partial charge in [-0.2, -0.15) is 0 Å². The van der Waals surface area contributed by atoms with Gasteiger partial charge in [-0.25, -0.2) is 0 Å². The minimum absolute atomic E-state index is 0. The van der Waals surface area contributed by atoms with Crippen molar-refractivity contribution in [2.24, 2.45) is 4.99 Å². The monoisotopic (exact) mass is 478 g/mol. The lowest BCUT2D eigenvalue weighted by Gasteiger charge is -2.16. The van der Waals surface area contributed by atoms with Gasteiger partial charge in [0, 0.05) is 26.7 Å². The van der Waals surface area contributed by atoms with Gasteiger partial charge in [0.05, 0.1) is 19.0 Å². The van der Waals surface area contributed by atoms with Crippen LogP contribution in [0.5, 0.6) is 0 Å². The smallest absolute Gasteiger partial charge is 0.287 e. The van der Waals surface area contributed by atoms with Gasteiger partial charge in [-0.05, 0) is 25.0 Å². The lowest BCUT2D eigenvalue weighted by molar-refractivity contribution is 0.0468. The number of carbonyl (C=O) groups is 1. The molecule has 1 fully saturated rings. The first-order chi connectivity index (χ1) is 12.3. The Labute approximate surface area is 172 Å². The number of halogens is 1. The number of furan rings is 1. The van der Waals surface area contributed by atoms with E-state index >= 15 is 0 Å². The van der Waals surface area contributed by atoms with E-state index in [9.17, 15) is 4.79 Å². The van der Waals surface area contributed by atoms with E-state index in [1.165, 1.54) is 44.8 Å². The molecule has 0 bridgehead atoms. The summed E-state index contributed by atoms with van der Waals surface area (Å²) in [6, 6.07) is 3.33. The molecular formula is C18H31IN4O3. The van der Waals surface area contributed by atoms with Crippen LogP contribution >= 0.6 is 24.0 Å². The molecule has 1 aromatic heterocycles. The van der Waals surface area contributed by atoms with Crippen molar-refractivity contribution in [3.05, 3.63) is 24.2 Å². The van der Waals surface area contributed by atoms with E-state index in [0.29, 0.717) is 37.5 Å². The molecule has 0 aliphatic heterocycles. The zero-order chi connectivity index (χ0) is 17.7. The largest absolute Gasteiger partial charge is 0.459 e. The number of nitrogens with zero attached hydrogens (tertiary/aromatic N) is 1. The van der Waals surface area contributed by atoms with Crippen LogP contribution in [0.3, 0.4) is 0 Å². The van der Waals surface area contributed by atoms with E-state index in [2.05, 4.69) is 20.9 Å². The summed E-state index contributed by atoms with van der Waals surface area (Å²) in [5.74, 6) is 0.807. The van der Waals surface area contributed by atoms with Gasteiger partial charge in [0.15, 0.2) is 11.7 Å². The summed E-state index contributed by atoms with van der Waals surface area (Å²) in [6.45, 7) is 2.46. The zero-order valence-corrected chi connectivity index (χ0v) is 17.8. The van der Waals surface area contributed by atoms with Gasteiger partial charge in [0.1, 0.15) is 0 Å². The van der Waals surface area contributed by atoms with Crippen LogP contribution in [0, 0.1) is 0 Å². The molecule has 0 spiro atoms. The Balaban J connectivity index is 0.00000338. The summed E-state index contributed by atoms with van der Waals surface area (Å²) in [7, 11) is 1.73. The normalized spacial score (nSPS) is 15.7. The van der Waals surface area contributed by atoms with Gasteiger partial charge in [-0.3, -0.25) is 9.79 Å². The van der Waals surface area contributed by atoms with Gasteiger partial charge in [-0.1, -0.05) is 25.7 Å². The van der Waals surface area contributed by atoms with Gasteiger partial charge in [-0.15, -0.1) is 24.0 Å². The summed E-state index contributed by atoms with van der Waals surface area (Å²) in [5, 5.41) is 9.16. The summed E-state index contributed by atoms with van der Waals surface area (Å²) < 4.78 is 11.0. The molecule has 148 valence electrons. The Morgan fingerprint density at radius 1 is 1.15 bits per heavy atom. The Morgan fingerprint density at radius 2 is 1.85 bits per heavy atom. The molecule has 2 rings (SSSR count). The second kappa shape index (κ2) is 13.9. The third-order valence-corrected chi connectivity index (χ3v) is 4.22. The van der Waals surface area contributed by atoms with Crippen molar-refractivity contribution in [3.8, 4) is 0 Å². The second-order valence-electron chi connectivity index (χ2n) is 6.14. The fraction of sp³-hybridized carbons (Fsp3) is 0.667. The maximum atomic E-state index is 11.7. The number of nitrogens with one attached hydrogen (secondary N) is 3. The Kier molecular flexibility index (Phi) is 12.1. The highest BCUT2D eigenvalue weighted by molar-refractivity contribution is 14.0. The van der Waals surface area contributed by atoms with Gasteiger partial charge < -0.3 is 25.1 Å². The number of amides is 1. The molecule has 0 unspecified atom stereocenters. The lowest BCUT2D eigenvalue weighted by Crippen LogP contribution is -2.42. The molecule has 1 aromatic rings. The third kappa shape index (κ3) is 8.88. The summed E-state index contributed by atoms with van der Waals surface area (Å²) >= 11 is 0. The van der Waals surface area contributed by atoms with E-state index in [-0.39, 0.29) is 29.9 Å². The molecule has 8 heteroatoms. The number of hydrogen-bond acceptors (Lipinski definition) is 4. The maximum Gasteiger partial charge on any atom is 0.287 e. The number of hydrogen-bond donors (Lipinski definition) is 3. The summed E-state index contributed by atoms with van der Waals surface area (Å²) in [6.07, 6.45) is 9.50. The highest BCUT2D eigenvalue weighted by atomic mass is 127.